The maximum Gasteiger partial charge on any atom is 0.343 e. The highest BCUT2D eigenvalue weighted by atomic mass is 16.5. The lowest BCUT2D eigenvalue weighted by atomic mass is 9.78. The van der Waals surface area contributed by atoms with Gasteiger partial charge in [-0.05, 0) is 24.8 Å². The fourth-order valence-corrected chi connectivity index (χ4v) is 3.22. The standard InChI is InChI=1S/C20H32O3.C4H4O4/c1-4-7-8-9-13-16-23-19(21)20(22,17(5-2)6-3)18-14-11-10-12-15-18;5-3(6)1-2-4(7)8/h10-12,14-15,17,22H,4-9,13,16H2,1-3H3;1-2H,(H,5,6)(H,7,8). The summed E-state index contributed by atoms with van der Waals surface area (Å²) in [5.41, 5.74) is -0.918. The summed E-state index contributed by atoms with van der Waals surface area (Å²) in [5, 5.41) is 26.8. The highest BCUT2D eigenvalue weighted by molar-refractivity contribution is 5.89. The van der Waals surface area contributed by atoms with Crippen molar-refractivity contribution in [1.29, 1.82) is 0 Å². The molecule has 1 atom stereocenters. The van der Waals surface area contributed by atoms with E-state index in [-0.39, 0.29) is 5.92 Å². The van der Waals surface area contributed by atoms with Gasteiger partial charge < -0.3 is 20.1 Å². The minimum absolute atomic E-state index is 0.141. The summed E-state index contributed by atoms with van der Waals surface area (Å²) in [5.74, 6) is -3.16. The van der Waals surface area contributed by atoms with Crippen molar-refractivity contribution in [1.82, 2.24) is 0 Å². The third kappa shape index (κ3) is 10.8. The summed E-state index contributed by atoms with van der Waals surface area (Å²) >= 11 is 0. The van der Waals surface area contributed by atoms with Gasteiger partial charge >= 0.3 is 17.9 Å². The molecule has 0 radical (unpaired) electrons. The van der Waals surface area contributed by atoms with Crippen molar-refractivity contribution in [3.05, 3.63) is 48.0 Å². The van der Waals surface area contributed by atoms with Gasteiger partial charge in [0.05, 0.1) is 6.61 Å². The van der Waals surface area contributed by atoms with Gasteiger partial charge in [-0.3, -0.25) is 0 Å². The van der Waals surface area contributed by atoms with Crippen molar-refractivity contribution in [3.63, 3.8) is 0 Å². The van der Waals surface area contributed by atoms with Crippen molar-refractivity contribution >= 4 is 17.9 Å². The predicted molar refractivity (Wildman–Crippen MR) is 119 cm³/mol. The van der Waals surface area contributed by atoms with E-state index in [9.17, 15) is 19.5 Å². The number of ether oxygens (including phenoxy) is 1. The van der Waals surface area contributed by atoms with Crippen LogP contribution in [0.25, 0.3) is 0 Å². The van der Waals surface area contributed by atoms with Gasteiger partial charge in [0.15, 0.2) is 5.60 Å². The molecular formula is C24H36O7. The molecule has 0 aliphatic carbocycles. The zero-order valence-electron chi connectivity index (χ0n) is 18.8. The maximum atomic E-state index is 12.6. The molecule has 0 heterocycles. The third-order valence-electron chi connectivity index (χ3n) is 4.95. The van der Waals surface area contributed by atoms with E-state index in [1.807, 2.05) is 32.0 Å². The molecule has 174 valence electrons. The largest absolute Gasteiger partial charge is 0.478 e. The van der Waals surface area contributed by atoms with Crippen molar-refractivity contribution < 1.29 is 34.4 Å². The van der Waals surface area contributed by atoms with E-state index in [4.69, 9.17) is 14.9 Å². The number of carbonyl (C=O) groups excluding carboxylic acids is 1. The Labute approximate surface area is 184 Å². The highest BCUT2D eigenvalue weighted by Crippen LogP contribution is 2.35. The topological polar surface area (TPSA) is 121 Å². The average molecular weight is 437 g/mol. The van der Waals surface area contributed by atoms with Crippen molar-refractivity contribution in [3.8, 4) is 0 Å². The summed E-state index contributed by atoms with van der Waals surface area (Å²) in [4.78, 5) is 31.7. The Balaban J connectivity index is 0.000000954. The second-order valence-electron chi connectivity index (χ2n) is 7.21. The molecule has 0 bridgehead atoms. The number of carbonyl (C=O) groups is 3. The Morgan fingerprint density at radius 1 is 0.903 bits per heavy atom. The van der Waals surface area contributed by atoms with Crippen LogP contribution in [0.15, 0.2) is 42.5 Å². The lowest BCUT2D eigenvalue weighted by molar-refractivity contribution is -0.174. The summed E-state index contributed by atoms with van der Waals surface area (Å²) in [6, 6.07) is 9.19. The molecule has 0 amide bonds. The summed E-state index contributed by atoms with van der Waals surface area (Å²) in [6.07, 6.45) is 8.09. The monoisotopic (exact) mass is 436 g/mol. The number of hydrogen-bond acceptors (Lipinski definition) is 5. The minimum Gasteiger partial charge on any atom is -0.478 e. The fraction of sp³-hybridized carbons (Fsp3) is 0.542. The van der Waals surface area contributed by atoms with E-state index >= 15 is 0 Å². The summed E-state index contributed by atoms with van der Waals surface area (Å²) in [7, 11) is 0. The van der Waals surface area contributed by atoms with Crippen LogP contribution >= 0.6 is 0 Å². The van der Waals surface area contributed by atoms with E-state index < -0.39 is 23.5 Å². The molecule has 31 heavy (non-hydrogen) atoms. The highest BCUT2D eigenvalue weighted by Gasteiger charge is 2.45. The molecule has 0 aromatic heterocycles. The Morgan fingerprint density at radius 3 is 1.87 bits per heavy atom. The van der Waals surface area contributed by atoms with Gasteiger partial charge in [0.25, 0.3) is 0 Å². The van der Waals surface area contributed by atoms with E-state index in [2.05, 4.69) is 6.92 Å². The van der Waals surface area contributed by atoms with E-state index in [1.54, 1.807) is 12.1 Å². The van der Waals surface area contributed by atoms with E-state index in [0.717, 1.165) is 25.7 Å². The maximum absolute atomic E-state index is 12.6. The zero-order valence-corrected chi connectivity index (χ0v) is 18.8. The van der Waals surface area contributed by atoms with Gasteiger partial charge in [0.2, 0.25) is 0 Å². The van der Waals surface area contributed by atoms with Crippen LogP contribution in [-0.2, 0) is 24.7 Å². The minimum atomic E-state index is -1.55. The van der Waals surface area contributed by atoms with E-state index in [0.29, 0.717) is 24.3 Å². The molecule has 0 saturated carbocycles. The smallest absolute Gasteiger partial charge is 0.343 e. The molecule has 0 fully saturated rings. The Morgan fingerprint density at radius 2 is 1.42 bits per heavy atom. The number of carboxylic acid groups (broad SMARTS) is 2. The molecule has 0 spiro atoms. The van der Waals surface area contributed by atoms with Gasteiger partial charge in [-0.2, -0.15) is 0 Å². The third-order valence-corrected chi connectivity index (χ3v) is 4.95. The first-order valence-corrected chi connectivity index (χ1v) is 10.8. The molecular weight excluding hydrogens is 400 g/mol. The molecule has 7 nitrogen and oxygen atoms in total. The van der Waals surface area contributed by atoms with Crippen LogP contribution in [0.2, 0.25) is 0 Å². The van der Waals surface area contributed by atoms with Gasteiger partial charge in [0, 0.05) is 18.1 Å². The Hall–Kier alpha value is -2.67. The molecule has 7 heteroatoms. The van der Waals surface area contributed by atoms with Crippen LogP contribution in [0.5, 0.6) is 0 Å². The normalized spacial score (nSPS) is 12.7. The lowest BCUT2D eigenvalue weighted by Crippen LogP contribution is -2.44. The second-order valence-corrected chi connectivity index (χ2v) is 7.21. The van der Waals surface area contributed by atoms with Gasteiger partial charge in [-0.1, -0.05) is 76.8 Å². The Bertz CT molecular complexity index is 664. The van der Waals surface area contributed by atoms with Crippen molar-refractivity contribution in [2.24, 2.45) is 5.92 Å². The predicted octanol–water partition coefficient (Wildman–Crippen LogP) is 4.54. The number of benzene rings is 1. The molecule has 0 aliphatic rings. The first-order valence-electron chi connectivity index (χ1n) is 10.8. The molecule has 3 N–H and O–H groups in total. The van der Waals surface area contributed by atoms with E-state index in [1.165, 1.54) is 19.3 Å². The molecule has 0 aliphatic heterocycles. The SMILES string of the molecule is CCCCCCCOC(=O)C(O)(c1ccccc1)C(CC)CC.O=C(O)C=CC(=O)O. The summed E-state index contributed by atoms with van der Waals surface area (Å²) in [6.45, 7) is 6.56. The van der Waals surface area contributed by atoms with Crippen LogP contribution in [0.3, 0.4) is 0 Å². The van der Waals surface area contributed by atoms with Gasteiger partial charge in [-0.15, -0.1) is 0 Å². The van der Waals surface area contributed by atoms with Crippen LogP contribution in [0, 0.1) is 5.92 Å². The second kappa shape index (κ2) is 16.1. The van der Waals surface area contributed by atoms with Crippen molar-refractivity contribution in [2.75, 3.05) is 6.61 Å². The zero-order chi connectivity index (χ0) is 23.7. The first-order chi connectivity index (χ1) is 14.7. The molecule has 1 aromatic rings. The molecule has 1 aromatic carbocycles. The van der Waals surface area contributed by atoms with Gasteiger partial charge in [-0.25, -0.2) is 14.4 Å². The number of hydrogen-bond donors (Lipinski definition) is 3. The molecule has 1 rings (SSSR count). The number of rotatable bonds is 13. The molecule has 1 unspecified atom stereocenters. The number of carboxylic acids is 2. The summed E-state index contributed by atoms with van der Waals surface area (Å²) < 4.78 is 5.44. The van der Waals surface area contributed by atoms with Gasteiger partial charge in [0.1, 0.15) is 0 Å². The number of esters is 1. The number of aliphatic carboxylic acids is 2. The number of aliphatic hydroxyl groups is 1. The first kappa shape index (κ1) is 28.3. The van der Waals surface area contributed by atoms with Crippen LogP contribution < -0.4 is 0 Å². The van der Waals surface area contributed by atoms with Crippen LogP contribution in [-0.4, -0.2) is 39.8 Å². The van der Waals surface area contributed by atoms with Crippen LogP contribution in [0.4, 0.5) is 0 Å². The Kier molecular flexibility index (Phi) is 14.7. The average Bonchev–Trinajstić information content (AvgIpc) is 2.76. The number of unbranched alkanes of at least 4 members (excludes halogenated alkanes) is 4. The molecule has 0 saturated heterocycles. The quantitative estimate of drug-likeness (QED) is 0.236. The fourth-order valence-electron chi connectivity index (χ4n) is 3.22. The van der Waals surface area contributed by atoms with Crippen molar-refractivity contribution in [2.45, 2.75) is 71.3 Å². The van der Waals surface area contributed by atoms with Crippen LogP contribution in [0.1, 0.15) is 71.3 Å². The lowest BCUT2D eigenvalue weighted by Gasteiger charge is -2.33.